The molecule has 1 aromatic heterocycles. The molecular formula is C18H18N4O2. The third-order valence-electron chi connectivity index (χ3n) is 3.81. The molecule has 0 aliphatic carbocycles. The summed E-state index contributed by atoms with van der Waals surface area (Å²) in [6.45, 7) is 2.58. The molecule has 6 nitrogen and oxygen atoms in total. The van der Waals surface area contributed by atoms with E-state index in [9.17, 15) is 9.90 Å². The Bertz CT molecular complexity index is 843. The number of hydrogen-bond donors (Lipinski definition) is 2. The standard InChI is InChI=1S/C18H18N4O2/c1-13-17(18(24)19-11-14-7-3-2-4-8-14)20-21-22(13)12-15-9-5-6-10-16(15)23/h2-10,23H,11-12H2,1H3,(H,19,24). The molecule has 0 spiro atoms. The quantitative estimate of drug-likeness (QED) is 0.755. The number of rotatable bonds is 5. The number of carbonyl (C=O) groups excluding carboxylic acids is 1. The van der Waals surface area contributed by atoms with Gasteiger partial charge < -0.3 is 10.4 Å². The lowest BCUT2D eigenvalue weighted by molar-refractivity contribution is 0.0945. The number of nitrogens with zero attached hydrogens (tertiary/aromatic N) is 3. The number of para-hydroxylation sites is 1. The highest BCUT2D eigenvalue weighted by Gasteiger charge is 2.16. The molecule has 0 saturated heterocycles. The average molecular weight is 322 g/mol. The monoisotopic (exact) mass is 322 g/mol. The summed E-state index contributed by atoms with van der Waals surface area (Å²) in [6, 6.07) is 16.7. The first-order chi connectivity index (χ1) is 11.6. The van der Waals surface area contributed by atoms with E-state index >= 15 is 0 Å². The zero-order valence-electron chi connectivity index (χ0n) is 13.3. The Balaban J connectivity index is 1.70. The highest BCUT2D eigenvalue weighted by atomic mass is 16.3. The molecule has 24 heavy (non-hydrogen) atoms. The van der Waals surface area contributed by atoms with Crippen molar-refractivity contribution in [1.29, 1.82) is 0 Å². The lowest BCUT2D eigenvalue weighted by Gasteiger charge is -2.06. The highest BCUT2D eigenvalue weighted by molar-refractivity contribution is 5.93. The first kappa shape index (κ1) is 15.7. The first-order valence-electron chi connectivity index (χ1n) is 7.64. The predicted molar refractivity (Wildman–Crippen MR) is 89.6 cm³/mol. The second-order valence-electron chi connectivity index (χ2n) is 5.48. The lowest BCUT2D eigenvalue weighted by atomic mass is 10.2. The van der Waals surface area contributed by atoms with Crippen LogP contribution < -0.4 is 5.32 Å². The van der Waals surface area contributed by atoms with Crippen molar-refractivity contribution in [3.63, 3.8) is 0 Å². The van der Waals surface area contributed by atoms with E-state index in [0.29, 0.717) is 24.5 Å². The van der Waals surface area contributed by atoms with E-state index in [-0.39, 0.29) is 11.7 Å². The second-order valence-corrected chi connectivity index (χ2v) is 5.48. The minimum atomic E-state index is -0.264. The Morgan fingerprint density at radius 1 is 1.12 bits per heavy atom. The van der Waals surface area contributed by atoms with Gasteiger partial charge in [-0.25, -0.2) is 4.68 Å². The third-order valence-corrected chi connectivity index (χ3v) is 3.81. The molecule has 0 fully saturated rings. The van der Waals surface area contributed by atoms with E-state index in [1.807, 2.05) is 42.5 Å². The van der Waals surface area contributed by atoms with E-state index in [4.69, 9.17) is 0 Å². The summed E-state index contributed by atoms with van der Waals surface area (Å²) < 4.78 is 1.60. The van der Waals surface area contributed by atoms with Gasteiger partial charge in [-0.15, -0.1) is 5.10 Å². The molecule has 2 aromatic carbocycles. The summed E-state index contributed by atoms with van der Waals surface area (Å²) in [7, 11) is 0. The molecule has 0 aliphatic rings. The number of phenolic OH excluding ortho intramolecular Hbond substituents is 1. The number of aromatic hydroxyl groups is 1. The number of benzene rings is 2. The van der Waals surface area contributed by atoms with Crippen LogP contribution >= 0.6 is 0 Å². The van der Waals surface area contributed by atoms with Crippen molar-refractivity contribution in [3.8, 4) is 5.75 Å². The summed E-state index contributed by atoms with van der Waals surface area (Å²) in [5.41, 5.74) is 2.69. The summed E-state index contributed by atoms with van der Waals surface area (Å²) >= 11 is 0. The van der Waals surface area contributed by atoms with Crippen molar-refractivity contribution in [1.82, 2.24) is 20.3 Å². The molecule has 0 unspecified atom stereocenters. The number of hydrogen-bond acceptors (Lipinski definition) is 4. The fourth-order valence-corrected chi connectivity index (χ4v) is 2.39. The van der Waals surface area contributed by atoms with Gasteiger partial charge in [0.1, 0.15) is 5.75 Å². The molecule has 0 bridgehead atoms. The lowest BCUT2D eigenvalue weighted by Crippen LogP contribution is -2.24. The van der Waals surface area contributed by atoms with Crippen LogP contribution in [0.4, 0.5) is 0 Å². The molecule has 3 aromatic rings. The molecule has 1 heterocycles. The maximum atomic E-state index is 12.3. The predicted octanol–water partition coefficient (Wildman–Crippen LogP) is 2.27. The molecule has 122 valence electrons. The van der Waals surface area contributed by atoms with Crippen LogP contribution in [0.15, 0.2) is 54.6 Å². The van der Waals surface area contributed by atoms with Gasteiger partial charge in [0, 0.05) is 12.1 Å². The van der Waals surface area contributed by atoms with Crippen LogP contribution in [-0.4, -0.2) is 26.0 Å². The van der Waals surface area contributed by atoms with Gasteiger partial charge in [0.05, 0.1) is 12.2 Å². The topological polar surface area (TPSA) is 80.0 Å². The molecule has 2 N–H and O–H groups in total. The van der Waals surface area contributed by atoms with Gasteiger partial charge in [0.15, 0.2) is 5.69 Å². The summed E-state index contributed by atoms with van der Waals surface area (Å²) in [6.07, 6.45) is 0. The fourth-order valence-electron chi connectivity index (χ4n) is 2.39. The van der Waals surface area contributed by atoms with Crippen LogP contribution in [0.25, 0.3) is 0 Å². The summed E-state index contributed by atoms with van der Waals surface area (Å²) in [5.74, 6) is -0.0673. The van der Waals surface area contributed by atoms with Crippen LogP contribution in [0.5, 0.6) is 5.75 Å². The molecule has 0 aliphatic heterocycles. The van der Waals surface area contributed by atoms with Crippen molar-refractivity contribution in [2.45, 2.75) is 20.0 Å². The fraction of sp³-hybridized carbons (Fsp3) is 0.167. The van der Waals surface area contributed by atoms with Gasteiger partial charge in [-0.05, 0) is 18.6 Å². The normalized spacial score (nSPS) is 10.5. The van der Waals surface area contributed by atoms with Crippen LogP contribution in [0, 0.1) is 6.92 Å². The zero-order chi connectivity index (χ0) is 16.9. The molecule has 0 atom stereocenters. The number of amides is 1. The Labute approximate surface area is 139 Å². The van der Waals surface area contributed by atoms with Gasteiger partial charge in [-0.3, -0.25) is 4.79 Å². The maximum Gasteiger partial charge on any atom is 0.274 e. The Hall–Kier alpha value is -3.15. The molecule has 3 rings (SSSR count). The van der Waals surface area contributed by atoms with E-state index in [1.165, 1.54) is 0 Å². The minimum Gasteiger partial charge on any atom is -0.508 e. The molecule has 0 saturated carbocycles. The van der Waals surface area contributed by atoms with E-state index in [1.54, 1.807) is 23.7 Å². The average Bonchev–Trinajstić information content (AvgIpc) is 2.96. The summed E-state index contributed by atoms with van der Waals surface area (Å²) in [5, 5.41) is 20.7. The molecule has 6 heteroatoms. The van der Waals surface area contributed by atoms with Gasteiger partial charge in [0.25, 0.3) is 5.91 Å². The molecular weight excluding hydrogens is 304 g/mol. The smallest absolute Gasteiger partial charge is 0.274 e. The van der Waals surface area contributed by atoms with Crippen molar-refractivity contribution in [2.24, 2.45) is 0 Å². The number of aromatic nitrogens is 3. The van der Waals surface area contributed by atoms with Gasteiger partial charge in [-0.1, -0.05) is 53.7 Å². The Morgan fingerprint density at radius 3 is 2.58 bits per heavy atom. The van der Waals surface area contributed by atoms with Crippen molar-refractivity contribution < 1.29 is 9.90 Å². The summed E-state index contributed by atoms with van der Waals surface area (Å²) in [4.78, 5) is 12.3. The molecule has 1 amide bonds. The first-order valence-corrected chi connectivity index (χ1v) is 7.64. The zero-order valence-corrected chi connectivity index (χ0v) is 13.3. The van der Waals surface area contributed by atoms with Gasteiger partial charge in [0.2, 0.25) is 0 Å². The van der Waals surface area contributed by atoms with E-state index in [2.05, 4.69) is 15.6 Å². The van der Waals surface area contributed by atoms with Crippen molar-refractivity contribution in [2.75, 3.05) is 0 Å². The van der Waals surface area contributed by atoms with Crippen LogP contribution in [0.1, 0.15) is 27.3 Å². The van der Waals surface area contributed by atoms with Crippen LogP contribution in [0.3, 0.4) is 0 Å². The Kier molecular flexibility index (Phi) is 4.56. The van der Waals surface area contributed by atoms with Gasteiger partial charge in [-0.2, -0.15) is 0 Å². The molecule has 0 radical (unpaired) electrons. The highest BCUT2D eigenvalue weighted by Crippen LogP contribution is 2.17. The van der Waals surface area contributed by atoms with E-state index < -0.39 is 0 Å². The van der Waals surface area contributed by atoms with Crippen LogP contribution in [-0.2, 0) is 13.1 Å². The largest absolute Gasteiger partial charge is 0.508 e. The maximum absolute atomic E-state index is 12.3. The van der Waals surface area contributed by atoms with Gasteiger partial charge >= 0.3 is 0 Å². The second kappa shape index (κ2) is 6.95. The van der Waals surface area contributed by atoms with Crippen molar-refractivity contribution in [3.05, 3.63) is 77.1 Å². The SMILES string of the molecule is Cc1c(C(=O)NCc2ccccc2)nnn1Cc1ccccc1O. The van der Waals surface area contributed by atoms with E-state index in [0.717, 1.165) is 11.1 Å². The number of nitrogens with one attached hydrogen (secondary N) is 1. The minimum absolute atomic E-state index is 0.197. The van der Waals surface area contributed by atoms with Crippen molar-refractivity contribution >= 4 is 5.91 Å². The third kappa shape index (κ3) is 3.43. The number of phenols is 1. The Morgan fingerprint density at radius 2 is 1.83 bits per heavy atom. The van der Waals surface area contributed by atoms with Crippen LogP contribution in [0.2, 0.25) is 0 Å². The number of carbonyl (C=O) groups is 1.